The van der Waals surface area contributed by atoms with Crippen LogP contribution in [0.15, 0.2) is 11.3 Å². The van der Waals surface area contributed by atoms with Crippen molar-refractivity contribution < 1.29 is 75.9 Å². The minimum Gasteiger partial charge on any atom is -0.543 e. The predicted molar refractivity (Wildman–Crippen MR) is 56.8 cm³/mol. The third-order valence-corrected chi connectivity index (χ3v) is 3.99. The van der Waals surface area contributed by atoms with Gasteiger partial charge < -0.3 is 24.6 Å². The minimum atomic E-state index is -1.33. The smallest absolute Gasteiger partial charge is 0.543 e. The van der Waals surface area contributed by atoms with Crippen LogP contribution < -0.4 is 56.5 Å². The molecule has 3 aliphatic rings. The van der Waals surface area contributed by atoms with Gasteiger partial charge in [-0.1, -0.05) is 0 Å². The van der Waals surface area contributed by atoms with E-state index in [9.17, 15) is 19.8 Å². The standard InChI is InChI=1S/C12H15NO5.K/c1-5(14)7-9-10-6(3-2-4-18-10)8(12(16)17)13(9)11(7)15;/h5,7,9-10,14H,2-4H2,1H3,(H,16,17);/q;+1/p-1/t5-,7-,9+,10+;/m1./s1. The van der Waals surface area contributed by atoms with Gasteiger partial charge in [-0.15, -0.1) is 0 Å². The number of rotatable bonds is 2. The number of fused-ring (bicyclic) bond motifs is 3. The number of nitrogens with zero attached hydrogens (tertiary/aromatic N) is 1. The molecule has 19 heavy (non-hydrogen) atoms. The molecular formula is C12H14KNO5. The Morgan fingerprint density at radius 2 is 2.26 bits per heavy atom. The number of ether oxygens (including phenoxy) is 1. The summed E-state index contributed by atoms with van der Waals surface area (Å²) < 4.78 is 5.59. The third-order valence-electron chi connectivity index (χ3n) is 3.99. The summed E-state index contributed by atoms with van der Waals surface area (Å²) in [7, 11) is 0. The van der Waals surface area contributed by atoms with Gasteiger partial charge in [0.2, 0.25) is 5.91 Å². The molecule has 3 aliphatic heterocycles. The van der Waals surface area contributed by atoms with Crippen LogP contribution in [0.2, 0.25) is 0 Å². The molecule has 0 radical (unpaired) electrons. The molecular weight excluding hydrogens is 277 g/mol. The molecule has 1 amide bonds. The third kappa shape index (κ3) is 2.15. The molecule has 4 atom stereocenters. The molecule has 0 aromatic heterocycles. The fourth-order valence-electron chi connectivity index (χ4n) is 3.26. The topological polar surface area (TPSA) is 89.9 Å². The number of carboxylic acid groups (broad SMARTS) is 1. The van der Waals surface area contributed by atoms with Crippen molar-refractivity contribution in [2.45, 2.75) is 38.0 Å². The van der Waals surface area contributed by atoms with Gasteiger partial charge in [-0.2, -0.15) is 0 Å². The average Bonchev–Trinajstić information content (AvgIpc) is 2.60. The number of carbonyl (C=O) groups is 2. The summed E-state index contributed by atoms with van der Waals surface area (Å²) in [5.41, 5.74) is 0.606. The fourth-order valence-corrected chi connectivity index (χ4v) is 3.26. The van der Waals surface area contributed by atoms with Gasteiger partial charge >= 0.3 is 51.4 Å². The van der Waals surface area contributed by atoms with E-state index in [1.165, 1.54) is 4.90 Å². The van der Waals surface area contributed by atoms with E-state index < -0.39 is 18.0 Å². The van der Waals surface area contributed by atoms with Gasteiger partial charge in [-0.25, -0.2) is 0 Å². The quantitative estimate of drug-likeness (QED) is 0.408. The monoisotopic (exact) mass is 291 g/mol. The van der Waals surface area contributed by atoms with Crippen molar-refractivity contribution in [3.05, 3.63) is 11.3 Å². The molecule has 0 saturated carbocycles. The Kier molecular flexibility index (Phi) is 4.57. The number of hydrogen-bond donors (Lipinski definition) is 1. The number of hydrogen-bond acceptors (Lipinski definition) is 5. The van der Waals surface area contributed by atoms with Gasteiger partial charge in [0.05, 0.1) is 29.7 Å². The van der Waals surface area contributed by atoms with E-state index in [1.807, 2.05) is 0 Å². The molecule has 3 heterocycles. The van der Waals surface area contributed by atoms with Crippen LogP contribution in [0.5, 0.6) is 0 Å². The number of amides is 1. The van der Waals surface area contributed by atoms with E-state index in [2.05, 4.69) is 0 Å². The molecule has 0 aromatic carbocycles. The Morgan fingerprint density at radius 3 is 2.84 bits per heavy atom. The van der Waals surface area contributed by atoms with Crippen LogP contribution >= 0.6 is 0 Å². The zero-order valence-electron chi connectivity index (χ0n) is 11.0. The molecule has 98 valence electrons. The van der Waals surface area contributed by atoms with E-state index in [1.54, 1.807) is 6.92 Å². The molecule has 0 spiro atoms. The van der Waals surface area contributed by atoms with Crippen LogP contribution in [-0.2, 0) is 14.3 Å². The van der Waals surface area contributed by atoms with Crippen molar-refractivity contribution in [1.29, 1.82) is 0 Å². The van der Waals surface area contributed by atoms with Gasteiger partial charge in [0.25, 0.3) is 0 Å². The summed E-state index contributed by atoms with van der Waals surface area (Å²) in [5.74, 6) is -2.25. The predicted octanol–water partition coefficient (Wildman–Crippen LogP) is -4.61. The van der Waals surface area contributed by atoms with Crippen molar-refractivity contribution in [3.63, 3.8) is 0 Å². The Morgan fingerprint density at radius 1 is 1.58 bits per heavy atom. The molecule has 0 aliphatic carbocycles. The van der Waals surface area contributed by atoms with Crippen LogP contribution in [0, 0.1) is 5.92 Å². The molecule has 0 unspecified atom stereocenters. The first-order valence-corrected chi connectivity index (χ1v) is 6.11. The molecule has 7 heteroatoms. The van der Waals surface area contributed by atoms with E-state index in [0.717, 1.165) is 6.42 Å². The van der Waals surface area contributed by atoms with Gasteiger partial charge in [-0.3, -0.25) is 4.79 Å². The van der Waals surface area contributed by atoms with Crippen LogP contribution in [0.4, 0.5) is 0 Å². The van der Waals surface area contributed by atoms with Crippen LogP contribution in [0.3, 0.4) is 0 Å². The summed E-state index contributed by atoms with van der Waals surface area (Å²) in [6, 6.07) is -0.374. The van der Waals surface area contributed by atoms with E-state index in [4.69, 9.17) is 4.74 Å². The van der Waals surface area contributed by atoms with E-state index in [-0.39, 0.29) is 75.1 Å². The molecule has 2 fully saturated rings. The first-order valence-electron chi connectivity index (χ1n) is 6.11. The average molecular weight is 291 g/mol. The second-order valence-electron chi connectivity index (χ2n) is 5.02. The van der Waals surface area contributed by atoms with Gasteiger partial charge in [0.15, 0.2) is 0 Å². The van der Waals surface area contributed by atoms with Gasteiger partial charge in [0.1, 0.15) is 6.10 Å². The molecule has 2 saturated heterocycles. The van der Waals surface area contributed by atoms with Crippen molar-refractivity contribution >= 4 is 11.9 Å². The number of β-lactam (4-membered cyclic amide) rings is 1. The molecule has 3 rings (SSSR count). The summed E-state index contributed by atoms with van der Waals surface area (Å²) in [4.78, 5) is 24.3. The van der Waals surface area contributed by atoms with Crippen molar-refractivity contribution in [1.82, 2.24) is 4.90 Å². The fraction of sp³-hybridized carbons (Fsp3) is 0.667. The number of aliphatic hydroxyl groups excluding tert-OH is 1. The minimum absolute atomic E-state index is 0. The first-order chi connectivity index (χ1) is 8.54. The normalized spacial score (nSPS) is 34.1. The number of carboxylic acids is 1. The maximum atomic E-state index is 11.9. The van der Waals surface area contributed by atoms with Crippen LogP contribution in [-0.4, -0.2) is 46.7 Å². The molecule has 6 nitrogen and oxygen atoms in total. The van der Waals surface area contributed by atoms with Gasteiger partial charge in [-0.05, 0) is 25.3 Å². The summed E-state index contributed by atoms with van der Waals surface area (Å²) in [6.45, 7) is 2.10. The molecule has 0 bridgehead atoms. The Balaban J connectivity index is 0.00000133. The van der Waals surface area contributed by atoms with Crippen LogP contribution in [0.1, 0.15) is 19.8 Å². The first kappa shape index (κ1) is 15.6. The summed E-state index contributed by atoms with van der Waals surface area (Å²) in [5, 5.41) is 20.8. The summed E-state index contributed by atoms with van der Waals surface area (Å²) >= 11 is 0. The summed E-state index contributed by atoms with van der Waals surface area (Å²) in [6.07, 6.45) is 0.174. The SMILES string of the molecule is C[C@@H](O)[C@H]1C(=O)N2C(C(=O)[O-])=C3CCCO[C@@H]3[C@H]12.[K+]. The maximum Gasteiger partial charge on any atom is 1.00 e. The zero-order valence-corrected chi connectivity index (χ0v) is 14.1. The Bertz CT molecular complexity index is 461. The second-order valence-corrected chi connectivity index (χ2v) is 5.02. The number of aliphatic carboxylic acids is 1. The van der Waals surface area contributed by atoms with Crippen molar-refractivity contribution in [3.8, 4) is 0 Å². The van der Waals surface area contributed by atoms with E-state index >= 15 is 0 Å². The zero-order chi connectivity index (χ0) is 13.0. The van der Waals surface area contributed by atoms with Crippen molar-refractivity contribution in [2.75, 3.05) is 6.61 Å². The molecule has 1 N–H and O–H groups in total. The van der Waals surface area contributed by atoms with Crippen molar-refractivity contribution in [2.24, 2.45) is 5.92 Å². The largest absolute Gasteiger partial charge is 1.00 e. The maximum absolute atomic E-state index is 11.9. The second kappa shape index (κ2) is 5.55. The van der Waals surface area contributed by atoms with Gasteiger partial charge in [0, 0.05) is 6.61 Å². The van der Waals surface area contributed by atoms with E-state index in [0.29, 0.717) is 18.6 Å². The van der Waals surface area contributed by atoms with Crippen LogP contribution in [0.25, 0.3) is 0 Å². The molecule has 0 aromatic rings. The number of aliphatic hydroxyl groups is 1. The Hall–Kier alpha value is 0.236. The number of carbonyl (C=O) groups excluding carboxylic acids is 2. The Labute approximate surface area is 153 Å².